The van der Waals surface area contributed by atoms with E-state index in [9.17, 15) is 0 Å². The van der Waals surface area contributed by atoms with Gasteiger partial charge >= 0.3 is 0 Å². The van der Waals surface area contributed by atoms with Gasteiger partial charge in [-0.1, -0.05) is 22.0 Å². The predicted octanol–water partition coefficient (Wildman–Crippen LogP) is 2.50. The number of benzene rings is 1. The van der Waals surface area contributed by atoms with E-state index in [-0.39, 0.29) is 0 Å². The van der Waals surface area contributed by atoms with E-state index in [2.05, 4.69) is 20.8 Å². The van der Waals surface area contributed by atoms with Crippen molar-refractivity contribution in [2.24, 2.45) is 11.7 Å². The van der Waals surface area contributed by atoms with Crippen molar-refractivity contribution in [2.45, 2.75) is 12.8 Å². The van der Waals surface area contributed by atoms with Crippen LogP contribution in [0.5, 0.6) is 5.75 Å². The molecule has 2 N–H and O–H groups in total. The lowest BCUT2D eigenvalue weighted by atomic mass is 9.98. The van der Waals surface area contributed by atoms with Crippen LogP contribution in [0.15, 0.2) is 28.7 Å². The molecule has 0 spiro atoms. The fourth-order valence-electron chi connectivity index (χ4n) is 2.40. The van der Waals surface area contributed by atoms with Crippen LogP contribution in [0.3, 0.4) is 0 Å². The number of piperidine rings is 1. The quantitative estimate of drug-likeness (QED) is 0.908. The van der Waals surface area contributed by atoms with Crippen molar-refractivity contribution in [3.63, 3.8) is 0 Å². The predicted molar refractivity (Wildman–Crippen MR) is 77.9 cm³/mol. The number of likely N-dealkylation sites (tertiary alicyclic amines) is 1. The van der Waals surface area contributed by atoms with Gasteiger partial charge in [0.15, 0.2) is 0 Å². The number of rotatable bonds is 5. The Morgan fingerprint density at radius 2 is 2.33 bits per heavy atom. The molecule has 0 aromatic heterocycles. The highest BCUT2D eigenvalue weighted by molar-refractivity contribution is 9.10. The third-order valence-electron chi connectivity index (χ3n) is 3.41. The Morgan fingerprint density at radius 1 is 1.44 bits per heavy atom. The zero-order valence-corrected chi connectivity index (χ0v) is 12.2. The first-order valence-corrected chi connectivity index (χ1v) is 7.38. The van der Waals surface area contributed by atoms with E-state index in [1.54, 1.807) is 0 Å². The summed E-state index contributed by atoms with van der Waals surface area (Å²) in [7, 11) is 0. The summed E-state index contributed by atoms with van der Waals surface area (Å²) < 4.78 is 6.81. The molecule has 100 valence electrons. The van der Waals surface area contributed by atoms with E-state index in [0.717, 1.165) is 36.5 Å². The monoisotopic (exact) mass is 312 g/mol. The van der Waals surface area contributed by atoms with E-state index < -0.39 is 0 Å². The maximum atomic E-state index is 5.76. The van der Waals surface area contributed by atoms with Crippen molar-refractivity contribution in [2.75, 3.05) is 32.8 Å². The van der Waals surface area contributed by atoms with Gasteiger partial charge in [0.1, 0.15) is 12.4 Å². The maximum Gasteiger partial charge on any atom is 0.120 e. The number of halogens is 1. The van der Waals surface area contributed by atoms with Gasteiger partial charge in [0, 0.05) is 17.6 Å². The van der Waals surface area contributed by atoms with Crippen LogP contribution in [-0.4, -0.2) is 37.7 Å². The molecule has 1 unspecified atom stereocenters. The van der Waals surface area contributed by atoms with Crippen molar-refractivity contribution < 1.29 is 4.74 Å². The second-order valence-corrected chi connectivity index (χ2v) is 5.77. The lowest BCUT2D eigenvalue weighted by Gasteiger charge is -2.31. The Bertz CT molecular complexity index is 373. The van der Waals surface area contributed by atoms with Crippen molar-refractivity contribution in [3.8, 4) is 5.75 Å². The first-order valence-electron chi connectivity index (χ1n) is 6.58. The average molecular weight is 313 g/mol. The van der Waals surface area contributed by atoms with Crippen LogP contribution >= 0.6 is 15.9 Å². The molecule has 0 saturated carbocycles. The molecular formula is C14H21BrN2O. The highest BCUT2D eigenvalue weighted by Gasteiger charge is 2.18. The van der Waals surface area contributed by atoms with E-state index in [1.165, 1.54) is 19.4 Å². The van der Waals surface area contributed by atoms with Crippen LogP contribution in [0.1, 0.15) is 12.8 Å². The summed E-state index contributed by atoms with van der Waals surface area (Å²) in [5.41, 5.74) is 5.74. The minimum atomic E-state index is 0.671. The first-order chi connectivity index (χ1) is 8.78. The number of ether oxygens (including phenoxy) is 1. The van der Waals surface area contributed by atoms with Crippen LogP contribution < -0.4 is 10.5 Å². The Morgan fingerprint density at radius 3 is 3.11 bits per heavy atom. The molecule has 18 heavy (non-hydrogen) atoms. The van der Waals surface area contributed by atoms with Gasteiger partial charge in [0.25, 0.3) is 0 Å². The Hall–Kier alpha value is -0.580. The van der Waals surface area contributed by atoms with Gasteiger partial charge in [-0.05, 0) is 50.0 Å². The van der Waals surface area contributed by atoms with Crippen molar-refractivity contribution >= 4 is 15.9 Å². The summed E-state index contributed by atoms with van der Waals surface area (Å²) >= 11 is 3.44. The summed E-state index contributed by atoms with van der Waals surface area (Å²) in [5.74, 6) is 1.60. The van der Waals surface area contributed by atoms with E-state index in [0.29, 0.717) is 5.92 Å². The van der Waals surface area contributed by atoms with E-state index in [1.807, 2.05) is 24.3 Å². The lowest BCUT2D eigenvalue weighted by Crippen LogP contribution is -2.40. The zero-order chi connectivity index (χ0) is 12.8. The largest absolute Gasteiger partial charge is 0.492 e. The fourth-order valence-corrected chi connectivity index (χ4v) is 2.77. The first kappa shape index (κ1) is 13.8. The van der Waals surface area contributed by atoms with Crippen LogP contribution in [0.4, 0.5) is 0 Å². The highest BCUT2D eigenvalue weighted by atomic mass is 79.9. The molecule has 1 aromatic carbocycles. The van der Waals surface area contributed by atoms with Gasteiger partial charge < -0.3 is 10.5 Å². The molecule has 0 amide bonds. The second-order valence-electron chi connectivity index (χ2n) is 4.85. The minimum Gasteiger partial charge on any atom is -0.492 e. The van der Waals surface area contributed by atoms with Gasteiger partial charge in [-0.15, -0.1) is 0 Å². The molecule has 1 heterocycles. The average Bonchev–Trinajstić information content (AvgIpc) is 2.39. The normalized spacial score (nSPS) is 20.9. The molecule has 1 aliphatic rings. The molecule has 0 aliphatic carbocycles. The topological polar surface area (TPSA) is 38.5 Å². The maximum absolute atomic E-state index is 5.76. The summed E-state index contributed by atoms with van der Waals surface area (Å²) in [6.07, 6.45) is 2.54. The zero-order valence-electron chi connectivity index (χ0n) is 10.6. The Labute approximate surface area is 117 Å². The summed E-state index contributed by atoms with van der Waals surface area (Å²) in [6, 6.07) is 7.98. The molecule has 2 rings (SSSR count). The van der Waals surface area contributed by atoms with Gasteiger partial charge in [-0.3, -0.25) is 4.90 Å². The third-order valence-corrected chi connectivity index (χ3v) is 3.90. The molecule has 0 radical (unpaired) electrons. The van der Waals surface area contributed by atoms with E-state index >= 15 is 0 Å². The molecule has 1 atom stereocenters. The van der Waals surface area contributed by atoms with Crippen LogP contribution in [-0.2, 0) is 0 Å². The second kappa shape index (κ2) is 7.12. The van der Waals surface area contributed by atoms with Crippen molar-refractivity contribution in [3.05, 3.63) is 28.7 Å². The Balaban J connectivity index is 1.72. The number of nitrogens with two attached hydrogens (primary N) is 1. The Kier molecular flexibility index (Phi) is 5.47. The van der Waals surface area contributed by atoms with Gasteiger partial charge in [0.2, 0.25) is 0 Å². The summed E-state index contributed by atoms with van der Waals surface area (Å²) in [6.45, 7) is 4.84. The van der Waals surface area contributed by atoms with Crippen LogP contribution in [0.2, 0.25) is 0 Å². The van der Waals surface area contributed by atoms with E-state index in [4.69, 9.17) is 10.5 Å². The summed E-state index contributed by atoms with van der Waals surface area (Å²) in [5, 5.41) is 0. The van der Waals surface area contributed by atoms with Crippen molar-refractivity contribution in [1.82, 2.24) is 4.90 Å². The smallest absolute Gasteiger partial charge is 0.120 e. The standard InChI is InChI=1S/C14H21BrN2O/c15-13-4-1-5-14(9-13)18-8-7-17-6-2-3-12(10-16)11-17/h1,4-5,9,12H,2-3,6-8,10-11,16H2. The highest BCUT2D eigenvalue weighted by Crippen LogP contribution is 2.18. The van der Waals surface area contributed by atoms with Crippen LogP contribution in [0.25, 0.3) is 0 Å². The number of hydrogen-bond donors (Lipinski definition) is 1. The summed E-state index contributed by atoms with van der Waals surface area (Å²) in [4.78, 5) is 2.46. The minimum absolute atomic E-state index is 0.671. The fraction of sp³-hybridized carbons (Fsp3) is 0.571. The molecule has 0 bridgehead atoms. The molecular weight excluding hydrogens is 292 g/mol. The molecule has 1 saturated heterocycles. The molecule has 1 fully saturated rings. The van der Waals surface area contributed by atoms with Gasteiger partial charge in [-0.2, -0.15) is 0 Å². The van der Waals surface area contributed by atoms with Gasteiger partial charge in [0.05, 0.1) is 0 Å². The third kappa shape index (κ3) is 4.26. The molecule has 1 aliphatic heterocycles. The van der Waals surface area contributed by atoms with Crippen LogP contribution in [0, 0.1) is 5.92 Å². The van der Waals surface area contributed by atoms with Crippen molar-refractivity contribution in [1.29, 1.82) is 0 Å². The SMILES string of the molecule is NCC1CCCN(CCOc2cccc(Br)c2)C1. The number of nitrogens with zero attached hydrogens (tertiary/aromatic N) is 1. The molecule has 4 heteroatoms. The molecule has 1 aromatic rings. The number of hydrogen-bond acceptors (Lipinski definition) is 3. The molecule has 3 nitrogen and oxygen atoms in total. The van der Waals surface area contributed by atoms with Gasteiger partial charge in [-0.25, -0.2) is 0 Å². The lowest BCUT2D eigenvalue weighted by molar-refractivity contribution is 0.149.